The van der Waals surface area contributed by atoms with Gasteiger partial charge in [0.25, 0.3) is 0 Å². The zero-order chi connectivity index (χ0) is 20.2. The summed E-state index contributed by atoms with van der Waals surface area (Å²) in [6, 6.07) is 2.17. The average molecular weight is 425 g/mol. The van der Waals surface area contributed by atoms with Gasteiger partial charge in [-0.3, -0.25) is 9.59 Å². The van der Waals surface area contributed by atoms with Gasteiger partial charge >= 0.3 is 0 Å². The number of nitrogens with zero attached hydrogens (tertiary/aromatic N) is 3. The van der Waals surface area contributed by atoms with Gasteiger partial charge in [-0.15, -0.1) is 11.3 Å². The van der Waals surface area contributed by atoms with Crippen LogP contribution in [-0.2, 0) is 19.6 Å². The van der Waals surface area contributed by atoms with Gasteiger partial charge in [0.15, 0.2) is 0 Å². The van der Waals surface area contributed by atoms with E-state index in [0.717, 1.165) is 21.8 Å². The molecule has 4 heterocycles. The molecule has 0 saturated carbocycles. The zero-order valence-corrected chi connectivity index (χ0v) is 17.3. The molecule has 0 bridgehead atoms. The molecular weight excluding hydrogens is 404 g/mol. The van der Waals surface area contributed by atoms with Crippen LogP contribution in [-0.4, -0.2) is 67.4 Å². The third-order valence-electron chi connectivity index (χ3n) is 5.10. The van der Waals surface area contributed by atoms with E-state index in [0.29, 0.717) is 11.5 Å². The van der Waals surface area contributed by atoms with Crippen molar-refractivity contribution in [2.75, 3.05) is 20.1 Å². The first-order chi connectivity index (χ1) is 13.2. The fourth-order valence-electron chi connectivity index (χ4n) is 3.77. The molecule has 0 aromatic carbocycles. The Morgan fingerprint density at radius 2 is 2.04 bits per heavy atom. The average Bonchev–Trinajstić information content (AvgIpc) is 3.32. The van der Waals surface area contributed by atoms with Gasteiger partial charge in [0.2, 0.25) is 21.8 Å². The van der Waals surface area contributed by atoms with Crippen LogP contribution >= 0.6 is 11.3 Å². The van der Waals surface area contributed by atoms with Crippen molar-refractivity contribution in [1.29, 1.82) is 0 Å². The van der Waals surface area contributed by atoms with E-state index in [1.54, 1.807) is 33.0 Å². The number of hydrogen-bond acceptors (Lipinski definition) is 7. The lowest BCUT2D eigenvalue weighted by Crippen LogP contribution is -2.55. The van der Waals surface area contributed by atoms with E-state index in [4.69, 9.17) is 4.52 Å². The Labute approximate surface area is 166 Å². The number of fused-ring (bicyclic) bond motifs is 1. The summed E-state index contributed by atoms with van der Waals surface area (Å²) in [6.07, 6.45) is 0.274. The van der Waals surface area contributed by atoms with E-state index in [-0.39, 0.29) is 35.5 Å². The van der Waals surface area contributed by atoms with Crippen LogP contribution in [0, 0.1) is 13.8 Å². The molecule has 150 valence electrons. The maximum absolute atomic E-state index is 12.8. The summed E-state index contributed by atoms with van der Waals surface area (Å²) < 4.78 is 33.6. The maximum atomic E-state index is 12.8. The minimum absolute atomic E-state index is 0.0283. The Kier molecular flexibility index (Phi) is 4.55. The molecule has 2 aromatic heterocycles. The Balaban J connectivity index is 1.53. The summed E-state index contributed by atoms with van der Waals surface area (Å²) >= 11 is 1.13. The second-order valence-corrected chi connectivity index (χ2v) is 10.2. The van der Waals surface area contributed by atoms with Crippen LogP contribution in [0.4, 0.5) is 0 Å². The number of carbonyl (C=O) groups is 2. The van der Waals surface area contributed by atoms with E-state index >= 15 is 0 Å². The van der Waals surface area contributed by atoms with Crippen molar-refractivity contribution in [3.05, 3.63) is 23.6 Å². The van der Waals surface area contributed by atoms with Gasteiger partial charge in [-0.25, -0.2) is 13.1 Å². The molecule has 2 amide bonds. The van der Waals surface area contributed by atoms with Crippen LogP contribution in [0.3, 0.4) is 0 Å². The zero-order valence-electron chi connectivity index (χ0n) is 15.6. The Morgan fingerprint density at radius 1 is 1.29 bits per heavy atom. The standard InChI is InChI=1S/C17H20N4O5S2/c1-9-16(10(2)26-18-9)13-4-5-15(27-13)28(24,25)19-11-6-12-17(23)20(3)8-14(22)21(12)7-11/h4-5,11-12,19H,6-8H2,1-3H3/t11-,12+/m1/s1. The van der Waals surface area contributed by atoms with Gasteiger partial charge in [-0.05, 0) is 32.4 Å². The molecule has 1 N–H and O–H groups in total. The first kappa shape index (κ1) is 19.1. The molecule has 0 spiro atoms. The SMILES string of the molecule is Cc1noc(C)c1-c1ccc(S(=O)(=O)N[C@@H]2C[C@H]3C(=O)N(C)CC(=O)N3C2)s1. The second kappa shape index (κ2) is 6.68. The van der Waals surface area contributed by atoms with E-state index in [1.165, 1.54) is 9.80 Å². The smallest absolute Gasteiger partial charge is 0.250 e. The Bertz CT molecular complexity index is 1040. The highest BCUT2D eigenvalue weighted by atomic mass is 32.2. The minimum atomic E-state index is -3.78. The number of aryl methyl sites for hydroxylation is 2. The van der Waals surface area contributed by atoms with Crippen LogP contribution in [0.2, 0.25) is 0 Å². The van der Waals surface area contributed by atoms with Crippen molar-refractivity contribution in [3.63, 3.8) is 0 Å². The van der Waals surface area contributed by atoms with E-state index in [9.17, 15) is 18.0 Å². The monoisotopic (exact) mass is 424 g/mol. The topological polar surface area (TPSA) is 113 Å². The van der Waals surface area contributed by atoms with Crippen molar-refractivity contribution in [2.24, 2.45) is 0 Å². The largest absolute Gasteiger partial charge is 0.361 e. The summed E-state index contributed by atoms with van der Waals surface area (Å²) in [7, 11) is -2.20. The fraction of sp³-hybridized carbons (Fsp3) is 0.471. The molecule has 2 aliphatic rings. The number of aromatic nitrogens is 1. The van der Waals surface area contributed by atoms with Crippen LogP contribution in [0.15, 0.2) is 20.9 Å². The number of sulfonamides is 1. The van der Waals surface area contributed by atoms with Crippen LogP contribution in [0.25, 0.3) is 10.4 Å². The molecule has 0 aliphatic carbocycles. The molecule has 2 saturated heterocycles. The molecule has 9 nitrogen and oxygen atoms in total. The van der Waals surface area contributed by atoms with Crippen molar-refractivity contribution in [2.45, 2.75) is 36.6 Å². The van der Waals surface area contributed by atoms with Gasteiger partial charge < -0.3 is 14.3 Å². The lowest BCUT2D eigenvalue weighted by atomic mass is 10.1. The molecule has 28 heavy (non-hydrogen) atoms. The third kappa shape index (κ3) is 3.12. The van der Waals surface area contributed by atoms with Gasteiger partial charge in [-0.2, -0.15) is 0 Å². The fourth-order valence-corrected chi connectivity index (χ4v) is 6.48. The number of piperazine rings is 1. The van der Waals surface area contributed by atoms with Crippen molar-refractivity contribution >= 4 is 33.2 Å². The minimum Gasteiger partial charge on any atom is -0.361 e. The van der Waals surface area contributed by atoms with Crippen molar-refractivity contribution in [3.8, 4) is 10.4 Å². The highest BCUT2D eigenvalue weighted by molar-refractivity contribution is 7.91. The van der Waals surface area contributed by atoms with Crippen LogP contribution in [0.1, 0.15) is 17.9 Å². The molecule has 2 aromatic rings. The number of carbonyl (C=O) groups excluding carboxylic acids is 2. The Hall–Kier alpha value is -2.24. The first-order valence-corrected chi connectivity index (χ1v) is 11.1. The van der Waals surface area contributed by atoms with Crippen LogP contribution in [0.5, 0.6) is 0 Å². The molecule has 0 unspecified atom stereocenters. The van der Waals surface area contributed by atoms with Gasteiger partial charge in [-0.1, -0.05) is 5.16 Å². The summed E-state index contributed by atoms with van der Waals surface area (Å²) in [6.45, 7) is 3.81. The quantitative estimate of drug-likeness (QED) is 0.775. The molecule has 4 rings (SSSR count). The summed E-state index contributed by atoms with van der Waals surface area (Å²) in [5.74, 6) is 0.314. The number of rotatable bonds is 4. The van der Waals surface area contributed by atoms with E-state index in [1.807, 2.05) is 0 Å². The van der Waals surface area contributed by atoms with Crippen molar-refractivity contribution < 1.29 is 22.5 Å². The van der Waals surface area contributed by atoms with Crippen LogP contribution < -0.4 is 4.72 Å². The summed E-state index contributed by atoms with van der Waals surface area (Å²) in [5, 5.41) is 3.90. The lowest BCUT2D eigenvalue weighted by Gasteiger charge is -2.33. The lowest BCUT2D eigenvalue weighted by molar-refractivity contribution is -0.152. The number of nitrogens with one attached hydrogen (secondary N) is 1. The number of thiophene rings is 1. The molecule has 0 radical (unpaired) electrons. The third-order valence-corrected chi connectivity index (χ3v) is 8.22. The number of hydrogen-bond donors (Lipinski definition) is 1. The van der Waals surface area contributed by atoms with Gasteiger partial charge in [0, 0.05) is 24.5 Å². The normalized spacial score (nSPS) is 22.8. The molecular formula is C17H20N4O5S2. The molecule has 2 fully saturated rings. The van der Waals surface area contributed by atoms with Gasteiger partial charge in [0.05, 0.1) is 17.8 Å². The molecule has 11 heteroatoms. The summed E-state index contributed by atoms with van der Waals surface area (Å²) in [5.41, 5.74) is 1.49. The second-order valence-electron chi connectivity index (χ2n) is 7.13. The number of likely N-dealkylation sites (N-methyl/N-ethyl adjacent to an activating group) is 1. The highest BCUT2D eigenvalue weighted by Gasteiger charge is 2.45. The van der Waals surface area contributed by atoms with E-state index < -0.39 is 22.1 Å². The molecule has 2 aliphatic heterocycles. The highest BCUT2D eigenvalue weighted by Crippen LogP contribution is 2.35. The Morgan fingerprint density at radius 3 is 2.71 bits per heavy atom. The van der Waals surface area contributed by atoms with Crippen molar-refractivity contribution in [1.82, 2.24) is 19.7 Å². The predicted octanol–water partition coefficient (Wildman–Crippen LogP) is 0.740. The predicted molar refractivity (Wildman–Crippen MR) is 101 cm³/mol. The number of amides is 2. The van der Waals surface area contributed by atoms with Gasteiger partial charge in [0.1, 0.15) is 16.0 Å². The first-order valence-electron chi connectivity index (χ1n) is 8.77. The molecule has 2 atom stereocenters. The van der Waals surface area contributed by atoms with E-state index in [2.05, 4.69) is 9.88 Å². The maximum Gasteiger partial charge on any atom is 0.250 e. The summed E-state index contributed by atoms with van der Waals surface area (Å²) in [4.78, 5) is 28.0.